The summed E-state index contributed by atoms with van der Waals surface area (Å²) in [6, 6.07) is 16.7. The van der Waals surface area contributed by atoms with Crippen LogP contribution < -0.4 is 14.3 Å². The van der Waals surface area contributed by atoms with Crippen molar-refractivity contribution < 1.29 is 21.2 Å². The van der Waals surface area contributed by atoms with Crippen molar-refractivity contribution in [2.75, 3.05) is 6.61 Å². The second-order valence-corrected chi connectivity index (χ2v) is 9.63. The molecule has 8 nitrogen and oxygen atoms in total. The first-order valence-corrected chi connectivity index (χ1v) is 12.9. The second-order valence-electron chi connectivity index (χ2n) is 8.68. The van der Waals surface area contributed by atoms with Crippen LogP contribution in [-0.2, 0) is 17.6 Å². The summed E-state index contributed by atoms with van der Waals surface area (Å²) in [5, 5.41) is 10.9. The molecule has 0 unspecified atom stereocenters. The molecule has 0 bridgehead atoms. The molecule has 5 rings (SSSR count). The van der Waals surface area contributed by atoms with Crippen LogP contribution in [0.2, 0.25) is 0 Å². The maximum Gasteiger partial charge on any atom is 0.488 e. The molecule has 2 aromatic heterocycles. The first-order chi connectivity index (χ1) is 17.7. The number of nitrogens with one attached hydrogen (secondary N) is 1. The lowest BCUT2D eigenvalue weighted by Gasteiger charge is -2.16. The number of H-pyrrole nitrogens is 1. The third-order valence-corrected chi connectivity index (χ3v) is 6.66. The van der Waals surface area contributed by atoms with Gasteiger partial charge in [-0.2, -0.15) is 13.7 Å². The molecule has 0 saturated heterocycles. The van der Waals surface area contributed by atoms with Gasteiger partial charge in [-0.05, 0) is 48.4 Å². The molecule has 0 aliphatic carbocycles. The molecule has 0 aliphatic heterocycles. The Labute approximate surface area is 211 Å². The van der Waals surface area contributed by atoms with Gasteiger partial charge in [-0.15, -0.1) is 0 Å². The van der Waals surface area contributed by atoms with Crippen LogP contribution in [0.5, 0.6) is 11.5 Å². The van der Waals surface area contributed by atoms with Crippen LogP contribution in [0.1, 0.15) is 25.3 Å². The van der Waals surface area contributed by atoms with E-state index in [0.717, 1.165) is 12.8 Å². The molecule has 0 saturated carbocycles. The number of pyridine rings is 1. The number of benzene rings is 3. The lowest BCUT2D eigenvalue weighted by atomic mass is 10.0. The number of aromatic nitrogens is 2. The number of nitrogens with zero attached hydrogens (tertiary/aromatic N) is 2. The topological polar surface area (TPSA) is 114 Å². The number of aromatic amines is 1. The summed E-state index contributed by atoms with van der Waals surface area (Å²) in [5.74, 6) is 0.247. The smallest absolute Gasteiger partial charge is 0.488 e. The molecule has 2 heterocycles. The van der Waals surface area contributed by atoms with Crippen LogP contribution in [-0.4, -0.2) is 24.6 Å². The quantitative estimate of drug-likeness (QED) is 0.225. The number of nitriles is 1. The number of ether oxygens (including phenoxy) is 1. The highest BCUT2D eigenvalue weighted by Crippen LogP contribution is 2.37. The minimum Gasteiger partial charge on any atom is -0.493 e. The number of fused-ring (bicyclic) bond motifs is 4. The monoisotopic (exact) mass is 519 g/mol. The maximum absolute atomic E-state index is 13.7. The van der Waals surface area contributed by atoms with Gasteiger partial charge in [-0.1, -0.05) is 35.4 Å². The zero-order valence-electron chi connectivity index (χ0n) is 20.0. The van der Waals surface area contributed by atoms with Gasteiger partial charge in [0.1, 0.15) is 17.1 Å². The highest BCUT2D eigenvalue weighted by Gasteiger charge is 2.19. The number of halogens is 1. The molecule has 3 aromatic carbocycles. The van der Waals surface area contributed by atoms with Crippen LogP contribution in [0.25, 0.3) is 44.0 Å². The molecule has 0 spiro atoms. The molecule has 1 N–H and O–H groups in total. The fourth-order valence-electron chi connectivity index (χ4n) is 4.52. The Kier molecular flexibility index (Phi) is 6.09. The first-order valence-electron chi connectivity index (χ1n) is 11.6. The molecule has 0 fully saturated rings. The lowest BCUT2D eigenvalue weighted by Crippen LogP contribution is -2.10. The predicted molar refractivity (Wildman–Crippen MR) is 140 cm³/mol. The fourth-order valence-corrected chi connectivity index (χ4v) is 4.85. The van der Waals surface area contributed by atoms with Crippen molar-refractivity contribution in [2.24, 2.45) is 7.05 Å². The number of rotatable bonds is 7. The predicted octanol–water partition coefficient (Wildman–Crippen LogP) is 5.48. The maximum atomic E-state index is 13.7. The van der Waals surface area contributed by atoms with Gasteiger partial charge in [0.25, 0.3) is 0 Å². The van der Waals surface area contributed by atoms with Crippen molar-refractivity contribution in [3.8, 4) is 28.7 Å². The zero-order valence-corrected chi connectivity index (χ0v) is 20.9. The summed E-state index contributed by atoms with van der Waals surface area (Å²) in [6.45, 7) is 2.45. The van der Waals surface area contributed by atoms with Gasteiger partial charge in [0, 0.05) is 23.5 Å². The number of hydrogen-bond acceptors (Lipinski definition) is 6. The Bertz CT molecular complexity index is 1900. The summed E-state index contributed by atoms with van der Waals surface area (Å²) in [6.07, 6.45) is 1.70. The van der Waals surface area contributed by atoms with Gasteiger partial charge < -0.3 is 18.5 Å². The van der Waals surface area contributed by atoms with Crippen molar-refractivity contribution >= 4 is 43.3 Å². The summed E-state index contributed by atoms with van der Waals surface area (Å²) >= 11 is 0. The molecule has 188 valence electrons. The Balaban J connectivity index is 1.79. The van der Waals surface area contributed by atoms with Crippen molar-refractivity contribution in [3.05, 3.63) is 70.4 Å². The Morgan fingerprint density at radius 2 is 1.92 bits per heavy atom. The Morgan fingerprint density at radius 3 is 2.65 bits per heavy atom. The minimum atomic E-state index is -5.19. The molecule has 0 amide bonds. The number of hydrogen-bond donors (Lipinski definition) is 1. The van der Waals surface area contributed by atoms with Crippen LogP contribution in [0.4, 0.5) is 3.89 Å². The average molecular weight is 520 g/mol. The third-order valence-electron chi connectivity index (χ3n) is 6.27. The van der Waals surface area contributed by atoms with E-state index < -0.39 is 10.5 Å². The van der Waals surface area contributed by atoms with E-state index in [0.29, 0.717) is 61.9 Å². The number of aryl methyl sites for hydroxylation is 1. The van der Waals surface area contributed by atoms with E-state index in [1.807, 2.05) is 18.5 Å². The van der Waals surface area contributed by atoms with Gasteiger partial charge in [-0.25, -0.2) is 0 Å². The lowest BCUT2D eigenvalue weighted by molar-refractivity contribution is 0.311. The van der Waals surface area contributed by atoms with E-state index in [9.17, 15) is 22.4 Å². The SMILES string of the molecule is CCCCOc1cc2c(=O)c3c4ccc(C#N)cc4[nH]c3n(C)c2cc1-c1cccc(OS(=O)(=O)F)c1. The van der Waals surface area contributed by atoms with Crippen LogP contribution in [0.15, 0.2) is 59.4 Å². The molecular formula is C27H22FN3O5S. The standard InChI is InChI=1S/C27H22FN3O5S/c1-3-4-10-35-24-14-21-23(13-20(24)17-6-5-7-18(12-17)36-37(28,33)34)31(2)27-25(26(21)32)19-9-8-16(15-29)11-22(19)30-27/h5-9,11-14,30H,3-4,10H2,1-2H3. The molecule has 5 aromatic rings. The van der Waals surface area contributed by atoms with Gasteiger partial charge in [-0.3, -0.25) is 4.79 Å². The van der Waals surface area contributed by atoms with Crippen molar-refractivity contribution in [1.82, 2.24) is 9.55 Å². The molecule has 37 heavy (non-hydrogen) atoms. The zero-order chi connectivity index (χ0) is 26.3. The van der Waals surface area contributed by atoms with Gasteiger partial charge in [0.05, 0.1) is 34.5 Å². The second kappa shape index (κ2) is 9.26. The molecule has 10 heteroatoms. The van der Waals surface area contributed by atoms with E-state index in [2.05, 4.69) is 15.2 Å². The number of unbranched alkanes of at least 4 members (excludes halogenated alkanes) is 1. The van der Waals surface area contributed by atoms with E-state index >= 15 is 0 Å². The van der Waals surface area contributed by atoms with E-state index in [4.69, 9.17) is 4.74 Å². The summed E-state index contributed by atoms with van der Waals surface area (Å²) < 4.78 is 47.5. The Morgan fingerprint density at radius 1 is 1.11 bits per heavy atom. The van der Waals surface area contributed by atoms with Crippen LogP contribution in [0.3, 0.4) is 0 Å². The molecule has 0 aliphatic rings. The molecule has 0 radical (unpaired) electrons. The van der Waals surface area contributed by atoms with Gasteiger partial charge in [0.2, 0.25) is 0 Å². The largest absolute Gasteiger partial charge is 0.493 e. The van der Waals surface area contributed by atoms with Gasteiger partial charge in [0.15, 0.2) is 5.43 Å². The van der Waals surface area contributed by atoms with E-state index in [1.165, 1.54) is 12.1 Å². The molecule has 0 atom stereocenters. The van der Waals surface area contributed by atoms with Crippen molar-refractivity contribution in [2.45, 2.75) is 19.8 Å². The third kappa shape index (κ3) is 4.49. The highest BCUT2D eigenvalue weighted by atomic mass is 32.3. The summed E-state index contributed by atoms with van der Waals surface area (Å²) in [7, 11) is -3.37. The highest BCUT2D eigenvalue weighted by molar-refractivity contribution is 7.81. The summed E-state index contributed by atoms with van der Waals surface area (Å²) in [5.41, 5.74) is 3.27. The minimum absolute atomic E-state index is 0.187. The average Bonchev–Trinajstić information content (AvgIpc) is 3.25. The van der Waals surface area contributed by atoms with Gasteiger partial charge >= 0.3 is 10.5 Å². The first kappa shape index (κ1) is 24.3. The van der Waals surface area contributed by atoms with Crippen molar-refractivity contribution in [1.29, 1.82) is 5.26 Å². The van der Waals surface area contributed by atoms with E-state index in [-0.39, 0.29) is 11.2 Å². The van der Waals surface area contributed by atoms with E-state index in [1.54, 1.807) is 42.5 Å². The normalized spacial score (nSPS) is 11.7. The van der Waals surface area contributed by atoms with Crippen LogP contribution in [0, 0.1) is 11.3 Å². The fraction of sp³-hybridized carbons (Fsp3) is 0.185. The molecular weight excluding hydrogens is 497 g/mol. The summed E-state index contributed by atoms with van der Waals surface area (Å²) in [4.78, 5) is 17.0. The van der Waals surface area contributed by atoms with Crippen molar-refractivity contribution in [3.63, 3.8) is 0 Å². The Hall–Kier alpha value is -4.36. The van der Waals surface area contributed by atoms with Crippen LogP contribution >= 0.6 is 0 Å².